The first-order valence-corrected chi connectivity index (χ1v) is 7.67. The zero-order valence-electron chi connectivity index (χ0n) is 14.6. The number of rotatable bonds is 7. The van der Waals surface area contributed by atoms with Crippen LogP contribution in [0, 0.1) is 0 Å². The van der Waals surface area contributed by atoms with Crippen molar-refractivity contribution in [3.63, 3.8) is 0 Å². The molecule has 0 bridgehead atoms. The van der Waals surface area contributed by atoms with Crippen LogP contribution in [0.15, 0.2) is 47.5 Å². The summed E-state index contributed by atoms with van der Waals surface area (Å²) in [5.74, 6) is 2.49. The molecule has 3 N–H and O–H groups in total. The van der Waals surface area contributed by atoms with Gasteiger partial charge in [0.15, 0.2) is 17.5 Å². The highest BCUT2D eigenvalue weighted by atomic mass is 127. The Kier molecular flexibility index (Phi) is 8.90. The highest BCUT2D eigenvalue weighted by molar-refractivity contribution is 14.0. The summed E-state index contributed by atoms with van der Waals surface area (Å²) in [6, 6.07) is 13.2. The molecule has 7 heteroatoms. The van der Waals surface area contributed by atoms with Gasteiger partial charge in [-0.2, -0.15) is 0 Å². The molecule has 136 valence electrons. The van der Waals surface area contributed by atoms with Gasteiger partial charge in [-0.25, -0.2) is 4.99 Å². The van der Waals surface area contributed by atoms with Crippen molar-refractivity contribution in [1.82, 2.24) is 0 Å². The van der Waals surface area contributed by atoms with Crippen molar-refractivity contribution in [1.29, 1.82) is 0 Å². The minimum Gasteiger partial charge on any atom is -0.497 e. The van der Waals surface area contributed by atoms with E-state index >= 15 is 0 Å². The summed E-state index contributed by atoms with van der Waals surface area (Å²) in [6.07, 6.45) is 0. The largest absolute Gasteiger partial charge is 0.497 e. The van der Waals surface area contributed by atoms with Crippen LogP contribution in [0.25, 0.3) is 0 Å². The van der Waals surface area contributed by atoms with Gasteiger partial charge in [-0.05, 0) is 36.8 Å². The Balaban J connectivity index is 0.00000312. The Labute approximate surface area is 165 Å². The van der Waals surface area contributed by atoms with E-state index in [9.17, 15) is 0 Å². The quantitative estimate of drug-likeness (QED) is 0.377. The number of guanidine groups is 1. The Morgan fingerprint density at radius 1 is 1.08 bits per heavy atom. The van der Waals surface area contributed by atoms with E-state index in [4.69, 9.17) is 19.9 Å². The molecule has 0 unspecified atom stereocenters. The van der Waals surface area contributed by atoms with E-state index in [1.807, 2.05) is 49.4 Å². The Morgan fingerprint density at radius 2 is 1.88 bits per heavy atom. The zero-order valence-corrected chi connectivity index (χ0v) is 16.9. The summed E-state index contributed by atoms with van der Waals surface area (Å²) >= 11 is 0. The number of benzene rings is 2. The van der Waals surface area contributed by atoms with Crippen LogP contribution in [0.4, 0.5) is 5.69 Å². The fourth-order valence-corrected chi connectivity index (χ4v) is 2.15. The monoisotopic (exact) mass is 457 g/mol. The van der Waals surface area contributed by atoms with Crippen LogP contribution in [0.3, 0.4) is 0 Å². The number of halogens is 1. The third kappa shape index (κ3) is 6.33. The van der Waals surface area contributed by atoms with E-state index in [0.29, 0.717) is 24.9 Å². The molecule has 0 saturated carbocycles. The summed E-state index contributed by atoms with van der Waals surface area (Å²) in [6.45, 7) is 2.96. The van der Waals surface area contributed by atoms with Crippen LogP contribution in [0.5, 0.6) is 17.2 Å². The lowest BCUT2D eigenvalue weighted by Crippen LogP contribution is -2.22. The number of nitrogens with zero attached hydrogens (tertiary/aromatic N) is 1. The van der Waals surface area contributed by atoms with E-state index in [1.54, 1.807) is 14.2 Å². The molecule has 0 atom stereocenters. The maximum Gasteiger partial charge on any atom is 0.193 e. The van der Waals surface area contributed by atoms with Crippen molar-refractivity contribution < 1.29 is 14.2 Å². The third-order valence-corrected chi connectivity index (χ3v) is 3.30. The first-order chi connectivity index (χ1) is 11.7. The predicted octanol–water partition coefficient (Wildman–Crippen LogP) is 3.65. The lowest BCUT2D eigenvalue weighted by atomic mass is 10.2. The first-order valence-electron chi connectivity index (χ1n) is 7.67. The van der Waals surface area contributed by atoms with Crippen molar-refractivity contribution in [2.24, 2.45) is 10.7 Å². The van der Waals surface area contributed by atoms with Gasteiger partial charge in [-0.3, -0.25) is 0 Å². The van der Waals surface area contributed by atoms with Gasteiger partial charge in [0.1, 0.15) is 5.75 Å². The number of hydrogen-bond donors (Lipinski definition) is 2. The number of nitrogens with two attached hydrogens (primary N) is 1. The number of nitrogens with one attached hydrogen (secondary N) is 1. The molecule has 0 aliphatic rings. The standard InChI is InChI=1S/C18H23N3O3.HI/c1-4-24-16-9-8-13(10-17(16)23-3)12-20-18(19)21-14-6-5-7-15(11-14)22-2;/h5-11H,4,12H2,1-3H3,(H3,19,20,21);1H. The summed E-state index contributed by atoms with van der Waals surface area (Å²) in [5, 5.41) is 3.04. The lowest BCUT2D eigenvalue weighted by molar-refractivity contribution is 0.310. The Morgan fingerprint density at radius 3 is 2.56 bits per heavy atom. The fourth-order valence-electron chi connectivity index (χ4n) is 2.15. The van der Waals surface area contributed by atoms with Gasteiger partial charge in [0.05, 0.1) is 27.4 Å². The second-order valence-corrected chi connectivity index (χ2v) is 4.98. The molecule has 2 aromatic carbocycles. The Hall–Kier alpha value is -2.16. The van der Waals surface area contributed by atoms with Gasteiger partial charge in [0.25, 0.3) is 0 Å². The molecule has 0 fully saturated rings. The van der Waals surface area contributed by atoms with E-state index in [0.717, 1.165) is 22.7 Å². The molecule has 0 spiro atoms. The predicted molar refractivity (Wildman–Crippen MR) is 112 cm³/mol. The molecule has 0 aliphatic heterocycles. The molecular weight excluding hydrogens is 433 g/mol. The number of aliphatic imine (C=N–C) groups is 1. The number of methoxy groups -OCH3 is 2. The summed E-state index contributed by atoms with van der Waals surface area (Å²) in [4.78, 5) is 4.34. The minimum atomic E-state index is 0. The average molecular weight is 457 g/mol. The molecule has 0 amide bonds. The second kappa shape index (κ2) is 10.7. The van der Waals surface area contributed by atoms with Gasteiger partial charge < -0.3 is 25.3 Å². The van der Waals surface area contributed by atoms with Gasteiger partial charge in [-0.1, -0.05) is 12.1 Å². The smallest absolute Gasteiger partial charge is 0.193 e. The van der Waals surface area contributed by atoms with Crippen LogP contribution in [-0.4, -0.2) is 26.8 Å². The molecule has 6 nitrogen and oxygen atoms in total. The zero-order chi connectivity index (χ0) is 17.4. The van der Waals surface area contributed by atoms with Gasteiger partial charge in [0.2, 0.25) is 0 Å². The number of anilines is 1. The lowest BCUT2D eigenvalue weighted by Gasteiger charge is -2.10. The molecule has 0 aliphatic carbocycles. The van der Waals surface area contributed by atoms with Crippen molar-refractivity contribution in [3.05, 3.63) is 48.0 Å². The minimum absolute atomic E-state index is 0. The fraction of sp³-hybridized carbons (Fsp3) is 0.278. The molecular formula is C18H24IN3O3. The van der Waals surface area contributed by atoms with E-state index in [2.05, 4.69) is 10.3 Å². The molecule has 0 saturated heterocycles. The SMILES string of the molecule is CCOc1ccc(CN=C(N)Nc2cccc(OC)c2)cc1OC.I. The molecule has 0 radical (unpaired) electrons. The van der Waals surface area contributed by atoms with Crippen molar-refractivity contribution in [2.45, 2.75) is 13.5 Å². The first kappa shape index (κ1) is 20.9. The van der Waals surface area contributed by atoms with Crippen LogP contribution in [0.1, 0.15) is 12.5 Å². The summed E-state index contributed by atoms with van der Waals surface area (Å²) in [7, 11) is 3.24. The topological polar surface area (TPSA) is 78.1 Å². The van der Waals surface area contributed by atoms with Crippen LogP contribution in [-0.2, 0) is 6.54 Å². The number of hydrogen-bond acceptors (Lipinski definition) is 4. The van der Waals surface area contributed by atoms with Crippen molar-refractivity contribution in [2.75, 3.05) is 26.1 Å². The molecule has 2 rings (SSSR count). The molecule has 0 heterocycles. The second-order valence-electron chi connectivity index (χ2n) is 4.98. The van der Waals surface area contributed by atoms with Crippen LogP contribution >= 0.6 is 24.0 Å². The average Bonchev–Trinajstić information content (AvgIpc) is 2.61. The third-order valence-electron chi connectivity index (χ3n) is 3.30. The van der Waals surface area contributed by atoms with Gasteiger partial charge >= 0.3 is 0 Å². The van der Waals surface area contributed by atoms with Crippen molar-refractivity contribution in [3.8, 4) is 17.2 Å². The van der Waals surface area contributed by atoms with E-state index in [1.165, 1.54) is 0 Å². The summed E-state index contributed by atoms with van der Waals surface area (Å²) < 4.78 is 16.0. The highest BCUT2D eigenvalue weighted by Crippen LogP contribution is 2.28. The van der Waals surface area contributed by atoms with Crippen molar-refractivity contribution >= 4 is 35.6 Å². The van der Waals surface area contributed by atoms with E-state index in [-0.39, 0.29) is 24.0 Å². The number of ether oxygens (including phenoxy) is 3. The van der Waals surface area contributed by atoms with Gasteiger partial charge in [0, 0.05) is 11.8 Å². The molecule has 25 heavy (non-hydrogen) atoms. The van der Waals surface area contributed by atoms with Crippen LogP contribution < -0.4 is 25.3 Å². The summed E-state index contributed by atoms with van der Waals surface area (Å²) in [5.41, 5.74) is 7.73. The molecule has 0 aromatic heterocycles. The van der Waals surface area contributed by atoms with E-state index < -0.39 is 0 Å². The maximum atomic E-state index is 5.94. The molecule has 2 aromatic rings. The highest BCUT2D eigenvalue weighted by Gasteiger charge is 2.05. The van der Waals surface area contributed by atoms with Crippen LogP contribution in [0.2, 0.25) is 0 Å². The normalized spacial score (nSPS) is 10.6. The maximum absolute atomic E-state index is 5.94. The Bertz CT molecular complexity index is 708. The van der Waals surface area contributed by atoms with Gasteiger partial charge in [-0.15, -0.1) is 24.0 Å².